The van der Waals surface area contributed by atoms with Crippen LogP contribution in [-0.4, -0.2) is 53.0 Å². The Morgan fingerprint density at radius 3 is 2.47 bits per heavy atom. The predicted octanol–water partition coefficient (Wildman–Crippen LogP) is 0.966. The van der Waals surface area contributed by atoms with Gasteiger partial charge in [0, 0.05) is 6.04 Å². The van der Waals surface area contributed by atoms with Crippen LogP contribution in [0.25, 0.3) is 0 Å². The number of hydrogen-bond acceptors (Lipinski definition) is 4. The highest BCUT2D eigenvalue weighted by Crippen LogP contribution is 2.26. The molecule has 0 aliphatic carbocycles. The lowest BCUT2D eigenvalue weighted by Crippen LogP contribution is -2.71. The van der Waals surface area contributed by atoms with Crippen molar-refractivity contribution in [3.8, 4) is 0 Å². The van der Waals surface area contributed by atoms with Crippen LogP contribution in [0, 0.1) is 0 Å². The quantitative estimate of drug-likeness (QED) is 0.776. The van der Waals surface area contributed by atoms with E-state index >= 15 is 0 Å². The second kappa shape index (κ2) is 4.82. The van der Waals surface area contributed by atoms with E-state index in [1.807, 2.05) is 34.6 Å². The molecule has 1 unspecified atom stereocenters. The number of likely N-dealkylation sites (tertiary alicyclic amines) is 1. The molecule has 0 aromatic heterocycles. The van der Waals surface area contributed by atoms with Crippen molar-refractivity contribution in [3.63, 3.8) is 0 Å². The predicted molar refractivity (Wildman–Crippen MR) is 65.9 cm³/mol. The molecule has 1 saturated heterocycles. The van der Waals surface area contributed by atoms with Gasteiger partial charge in [-0.1, -0.05) is 6.92 Å². The van der Waals surface area contributed by atoms with Crippen molar-refractivity contribution < 1.29 is 14.6 Å². The van der Waals surface area contributed by atoms with Crippen LogP contribution in [0.2, 0.25) is 0 Å². The minimum absolute atomic E-state index is 0.0220. The van der Waals surface area contributed by atoms with Crippen molar-refractivity contribution in [2.24, 2.45) is 0 Å². The van der Waals surface area contributed by atoms with Gasteiger partial charge in [0.25, 0.3) is 0 Å². The Labute approximate surface area is 103 Å². The second-order valence-corrected chi connectivity index (χ2v) is 5.72. The van der Waals surface area contributed by atoms with Crippen LogP contribution in [-0.2, 0) is 4.74 Å². The molecule has 5 heteroatoms. The first kappa shape index (κ1) is 14.3. The monoisotopic (exact) mass is 244 g/mol. The lowest BCUT2D eigenvalue weighted by molar-refractivity contribution is -0.114. The average molecular weight is 244 g/mol. The average Bonchev–Trinajstić information content (AvgIpc) is 2.10. The third-order valence-corrected chi connectivity index (χ3v) is 2.90. The SMILES string of the molecule is CCNC(C)C1(O)CN(C(=O)OC(C)(C)C)C1. The molecule has 1 atom stereocenters. The first-order valence-corrected chi connectivity index (χ1v) is 6.11. The standard InChI is InChI=1S/C12H24N2O3/c1-6-13-9(2)12(16)7-14(8-12)10(15)17-11(3,4)5/h9,13,16H,6-8H2,1-5H3. The fourth-order valence-corrected chi connectivity index (χ4v) is 1.84. The van der Waals surface area contributed by atoms with Crippen LogP contribution >= 0.6 is 0 Å². The van der Waals surface area contributed by atoms with Gasteiger partial charge in [0.2, 0.25) is 0 Å². The number of likely N-dealkylation sites (N-methyl/N-ethyl adjacent to an activating group) is 1. The maximum atomic E-state index is 11.7. The topological polar surface area (TPSA) is 61.8 Å². The summed E-state index contributed by atoms with van der Waals surface area (Å²) in [6.07, 6.45) is -0.356. The molecular weight excluding hydrogens is 220 g/mol. The third kappa shape index (κ3) is 3.57. The Morgan fingerprint density at radius 2 is 2.06 bits per heavy atom. The van der Waals surface area contributed by atoms with Crippen LogP contribution < -0.4 is 5.32 Å². The minimum atomic E-state index is -0.826. The number of rotatable bonds is 3. The van der Waals surface area contributed by atoms with Gasteiger partial charge in [-0.3, -0.25) is 0 Å². The van der Waals surface area contributed by atoms with Gasteiger partial charge in [0.15, 0.2) is 0 Å². The van der Waals surface area contributed by atoms with Gasteiger partial charge >= 0.3 is 6.09 Å². The Hall–Kier alpha value is -0.810. The summed E-state index contributed by atoms with van der Waals surface area (Å²) < 4.78 is 5.23. The molecule has 0 aromatic carbocycles. The summed E-state index contributed by atoms with van der Waals surface area (Å²) in [4.78, 5) is 13.2. The molecular formula is C12H24N2O3. The molecule has 1 fully saturated rings. The molecule has 0 bridgehead atoms. The summed E-state index contributed by atoms with van der Waals surface area (Å²) >= 11 is 0. The number of nitrogens with zero attached hydrogens (tertiary/aromatic N) is 1. The zero-order valence-corrected chi connectivity index (χ0v) is 11.4. The second-order valence-electron chi connectivity index (χ2n) is 5.72. The molecule has 2 N–H and O–H groups in total. The summed E-state index contributed by atoms with van der Waals surface area (Å²) in [5.74, 6) is 0. The number of carbonyl (C=O) groups is 1. The van der Waals surface area contributed by atoms with Crippen LogP contribution in [0.1, 0.15) is 34.6 Å². The van der Waals surface area contributed by atoms with Crippen LogP contribution in [0.5, 0.6) is 0 Å². The minimum Gasteiger partial charge on any atom is -0.444 e. The number of carbonyl (C=O) groups excluding carboxylic acids is 1. The Balaban J connectivity index is 2.43. The van der Waals surface area contributed by atoms with Crippen molar-refractivity contribution in [1.82, 2.24) is 10.2 Å². The van der Waals surface area contributed by atoms with E-state index in [1.165, 1.54) is 4.90 Å². The fraction of sp³-hybridized carbons (Fsp3) is 0.917. The molecule has 1 rings (SSSR count). The Bertz CT molecular complexity index is 280. The Morgan fingerprint density at radius 1 is 1.53 bits per heavy atom. The van der Waals surface area contributed by atoms with E-state index in [9.17, 15) is 9.90 Å². The molecule has 1 amide bonds. The molecule has 17 heavy (non-hydrogen) atoms. The maximum Gasteiger partial charge on any atom is 0.410 e. The van der Waals surface area contributed by atoms with Crippen molar-refractivity contribution in [1.29, 1.82) is 0 Å². The van der Waals surface area contributed by atoms with E-state index in [-0.39, 0.29) is 12.1 Å². The molecule has 5 nitrogen and oxygen atoms in total. The largest absolute Gasteiger partial charge is 0.444 e. The third-order valence-electron chi connectivity index (χ3n) is 2.90. The first-order valence-electron chi connectivity index (χ1n) is 6.11. The fourth-order valence-electron chi connectivity index (χ4n) is 1.84. The normalized spacial score (nSPS) is 20.7. The van der Waals surface area contributed by atoms with E-state index in [1.54, 1.807) is 0 Å². The van der Waals surface area contributed by atoms with Crippen molar-refractivity contribution in [3.05, 3.63) is 0 Å². The van der Waals surface area contributed by atoms with E-state index < -0.39 is 11.2 Å². The van der Waals surface area contributed by atoms with Gasteiger partial charge in [-0.25, -0.2) is 4.79 Å². The highest BCUT2D eigenvalue weighted by Gasteiger charge is 2.48. The number of hydrogen-bond donors (Lipinski definition) is 2. The lowest BCUT2D eigenvalue weighted by Gasteiger charge is -2.49. The number of amides is 1. The van der Waals surface area contributed by atoms with Crippen molar-refractivity contribution >= 4 is 6.09 Å². The van der Waals surface area contributed by atoms with Gasteiger partial charge in [-0.05, 0) is 34.2 Å². The van der Waals surface area contributed by atoms with Gasteiger partial charge in [-0.15, -0.1) is 0 Å². The maximum absolute atomic E-state index is 11.7. The first-order chi connectivity index (χ1) is 7.68. The van der Waals surface area contributed by atoms with Crippen LogP contribution in [0.4, 0.5) is 4.79 Å². The summed E-state index contributed by atoms with van der Waals surface area (Å²) in [6, 6.07) is -0.0220. The molecule has 0 saturated carbocycles. The van der Waals surface area contributed by atoms with Crippen LogP contribution in [0.15, 0.2) is 0 Å². The highest BCUT2D eigenvalue weighted by molar-refractivity contribution is 5.69. The molecule has 0 spiro atoms. The zero-order valence-electron chi connectivity index (χ0n) is 11.4. The zero-order chi connectivity index (χ0) is 13.3. The van der Waals surface area contributed by atoms with Crippen molar-refractivity contribution in [2.45, 2.75) is 51.9 Å². The summed E-state index contributed by atoms with van der Waals surface area (Å²) in [5.41, 5.74) is -1.31. The number of aliphatic hydroxyl groups is 1. The molecule has 1 aliphatic rings. The summed E-state index contributed by atoms with van der Waals surface area (Å²) in [5, 5.41) is 13.4. The van der Waals surface area contributed by atoms with Crippen LogP contribution in [0.3, 0.4) is 0 Å². The number of ether oxygens (including phenoxy) is 1. The van der Waals surface area contributed by atoms with E-state index in [0.29, 0.717) is 13.1 Å². The van der Waals surface area contributed by atoms with Gasteiger partial charge in [-0.2, -0.15) is 0 Å². The lowest BCUT2D eigenvalue weighted by atomic mass is 9.87. The van der Waals surface area contributed by atoms with Crippen molar-refractivity contribution in [2.75, 3.05) is 19.6 Å². The molecule has 1 heterocycles. The van der Waals surface area contributed by atoms with E-state index in [4.69, 9.17) is 4.74 Å². The van der Waals surface area contributed by atoms with Gasteiger partial charge < -0.3 is 20.1 Å². The van der Waals surface area contributed by atoms with E-state index in [0.717, 1.165) is 6.54 Å². The van der Waals surface area contributed by atoms with E-state index in [2.05, 4.69) is 5.32 Å². The molecule has 100 valence electrons. The molecule has 0 aromatic rings. The smallest absolute Gasteiger partial charge is 0.410 e. The summed E-state index contributed by atoms with van der Waals surface area (Å²) in [6.45, 7) is 10.9. The Kier molecular flexibility index (Phi) is 4.04. The van der Waals surface area contributed by atoms with Gasteiger partial charge in [0.05, 0.1) is 13.1 Å². The summed E-state index contributed by atoms with van der Waals surface area (Å²) in [7, 11) is 0. The molecule has 1 aliphatic heterocycles. The van der Waals surface area contributed by atoms with Gasteiger partial charge in [0.1, 0.15) is 11.2 Å². The molecule has 0 radical (unpaired) electrons. The number of β-amino-alcohol motifs (C(OH)–C–C–N with tert-alkyl or cyclic N) is 1. The highest BCUT2D eigenvalue weighted by atomic mass is 16.6. The number of nitrogens with one attached hydrogen (secondary N) is 1.